The standard InChI is InChI=1S/C18H32N4O/c1-5-18(4,23)15-19-20-16(22(15)13-14-7-8-14)21-11-6-9-17(2,3)10-12-21/h14,23H,5-13H2,1-4H3. The van der Waals surface area contributed by atoms with E-state index in [0.29, 0.717) is 11.8 Å². The van der Waals surface area contributed by atoms with Crippen LogP contribution in [0.1, 0.15) is 72.0 Å². The molecule has 1 atom stereocenters. The molecule has 3 rings (SSSR count). The van der Waals surface area contributed by atoms with Crippen molar-refractivity contribution in [2.45, 2.75) is 78.4 Å². The largest absolute Gasteiger partial charge is 0.382 e. The Morgan fingerprint density at radius 1 is 1.22 bits per heavy atom. The minimum absolute atomic E-state index is 0.411. The second kappa shape index (κ2) is 6.08. The third-order valence-electron chi connectivity index (χ3n) is 5.66. The number of anilines is 1. The van der Waals surface area contributed by atoms with E-state index in [9.17, 15) is 5.11 Å². The van der Waals surface area contributed by atoms with Crippen molar-refractivity contribution in [3.63, 3.8) is 0 Å². The van der Waals surface area contributed by atoms with Gasteiger partial charge in [-0.15, -0.1) is 10.2 Å². The minimum Gasteiger partial charge on any atom is -0.382 e. The van der Waals surface area contributed by atoms with Crippen LogP contribution in [-0.2, 0) is 12.1 Å². The van der Waals surface area contributed by atoms with Crippen LogP contribution in [0.3, 0.4) is 0 Å². The first-order chi connectivity index (χ1) is 10.8. The zero-order chi connectivity index (χ0) is 16.7. The fourth-order valence-electron chi connectivity index (χ4n) is 3.43. The highest BCUT2D eigenvalue weighted by atomic mass is 16.3. The van der Waals surface area contributed by atoms with Crippen molar-refractivity contribution >= 4 is 5.95 Å². The smallest absolute Gasteiger partial charge is 0.227 e. The summed E-state index contributed by atoms with van der Waals surface area (Å²) < 4.78 is 2.21. The van der Waals surface area contributed by atoms with Crippen molar-refractivity contribution in [2.75, 3.05) is 18.0 Å². The Labute approximate surface area is 140 Å². The fraction of sp³-hybridized carbons (Fsp3) is 0.889. The highest BCUT2D eigenvalue weighted by Crippen LogP contribution is 2.36. The summed E-state index contributed by atoms with van der Waals surface area (Å²) in [4.78, 5) is 2.39. The van der Waals surface area contributed by atoms with Crippen molar-refractivity contribution in [1.82, 2.24) is 14.8 Å². The number of aromatic nitrogens is 3. The molecule has 2 fully saturated rings. The summed E-state index contributed by atoms with van der Waals surface area (Å²) in [7, 11) is 0. The third kappa shape index (κ3) is 3.70. The number of hydrogen-bond donors (Lipinski definition) is 1. The van der Waals surface area contributed by atoms with Gasteiger partial charge in [0.1, 0.15) is 5.60 Å². The topological polar surface area (TPSA) is 54.2 Å². The van der Waals surface area contributed by atoms with Gasteiger partial charge in [-0.25, -0.2) is 0 Å². The molecule has 1 N–H and O–H groups in total. The van der Waals surface area contributed by atoms with E-state index in [1.807, 2.05) is 13.8 Å². The summed E-state index contributed by atoms with van der Waals surface area (Å²) in [6.45, 7) is 11.6. The molecule has 2 aliphatic rings. The predicted molar refractivity (Wildman–Crippen MR) is 92.5 cm³/mol. The maximum atomic E-state index is 10.7. The van der Waals surface area contributed by atoms with Crippen LogP contribution < -0.4 is 4.90 Å². The summed E-state index contributed by atoms with van der Waals surface area (Å²) >= 11 is 0. The quantitative estimate of drug-likeness (QED) is 0.904. The first kappa shape index (κ1) is 16.7. The number of rotatable bonds is 5. The number of hydrogen-bond acceptors (Lipinski definition) is 4. The molecule has 0 spiro atoms. The van der Waals surface area contributed by atoms with Crippen molar-refractivity contribution in [2.24, 2.45) is 11.3 Å². The zero-order valence-electron chi connectivity index (χ0n) is 15.2. The van der Waals surface area contributed by atoms with E-state index >= 15 is 0 Å². The fourth-order valence-corrected chi connectivity index (χ4v) is 3.43. The summed E-state index contributed by atoms with van der Waals surface area (Å²) in [5.74, 6) is 2.45. The van der Waals surface area contributed by atoms with Gasteiger partial charge in [0.05, 0.1) is 0 Å². The van der Waals surface area contributed by atoms with Crippen molar-refractivity contribution in [3.8, 4) is 0 Å². The van der Waals surface area contributed by atoms with Gasteiger partial charge in [-0.1, -0.05) is 20.8 Å². The summed E-state index contributed by atoms with van der Waals surface area (Å²) in [5.41, 5.74) is -0.487. The van der Waals surface area contributed by atoms with Gasteiger partial charge in [0.15, 0.2) is 5.82 Å². The van der Waals surface area contributed by atoms with Crippen LogP contribution in [0, 0.1) is 11.3 Å². The molecular formula is C18H32N4O. The van der Waals surface area contributed by atoms with Gasteiger partial charge in [0.2, 0.25) is 5.95 Å². The molecule has 0 amide bonds. The molecule has 1 aliphatic heterocycles. The molecular weight excluding hydrogens is 288 g/mol. The molecule has 1 unspecified atom stereocenters. The van der Waals surface area contributed by atoms with E-state index in [1.165, 1.54) is 32.1 Å². The molecule has 23 heavy (non-hydrogen) atoms. The first-order valence-corrected chi connectivity index (χ1v) is 9.23. The Hall–Kier alpha value is -1.10. The van der Waals surface area contributed by atoms with Crippen LogP contribution in [0.4, 0.5) is 5.95 Å². The van der Waals surface area contributed by atoms with E-state index in [4.69, 9.17) is 0 Å². The molecule has 0 bridgehead atoms. The second-order valence-corrected chi connectivity index (χ2v) is 8.51. The average molecular weight is 320 g/mol. The van der Waals surface area contributed by atoms with Crippen molar-refractivity contribution < 1.29 is 5.11 Å². The number of nitrogens with zero attached hydrogens (tertiary/aromatic N) is 4. The normalized spacial score (nSPS) is 24.3. The third-order valence-corrected chi connectivity index (χ3v) is 5.66. The van der Waals surface area contributed by atoms with E-state index in [2.05, 4.69) is 33.5 Å². The predicted octanol–water partition coefficient (Wildman–Crippen LogP) is 3.32. The Morgan fingerprint density at radius 3 is 2.61 bits per heavy atom. The lowest BCUT2D eigenvalue weighted by Crippen LogP contribution is -2.31. The summed E-state index contributed by atoms with van der Waals surface area (Å²) in [6, 6.07) is 0. The van der Waals surface area contributed by atoms with Crippen LogP contribution in [0.25, 0.3) is 0 Å². The van der Waals surface area contributed by atoms with Gasteiger partial charge >= 0.3 is 0 Å². The molecule has 5 heteroatoms. The molecule has 1 aliphatic carbocycles. The van der Waals surface area contributed by atoms with E-state index < -0.39 is 5.60 Å². The van der Waals surface area contributed by atoms with Crippen LogP contribution in [0.5, 0.6) is 0 Å². The van der Waals surface area contributed by atoms with Gasteiger partial charge < -0.3 is 10.0 Å². The molecule has 2 heterocycles. The maximum Gasteiger partial charge on any atom is 0.227 e. The van der Waals surface area contributed by atoms with Gasteiger partial charge in [-0.3, -0.25) is 4.57 Å². The molecule has 1 aromatic rings. The van der Waals surface area contributed by atoms with Gasteiger partial charge in [0.25, 0.3) is 0 Å². The summed E-state index contributed by atoms with van der Waals surface area (Å²) in [6.07, 6.45) is 6.88. The van der Waals surface area contributed by atoms with Gasteiger partial charge in [-0.2, -0.15) is 0 Å². The van der Waals surface area contributed by atoms with Crippen molar-refractivity contribution in [3.05, 3.63) is 5.82 Å². The molecule has 0 radical (unpaired) electrons. The lowest BCUT2D eigenvalue weighted by atomic mass is 9.85. The van der Waals surface area contributed by atoms with Crippen LogP contribution in [0.15, 0.2) is 0 Å². The average Bonchev–Trinajstić information content (AvgIpc) is 3.23. The highest BCUT2D eigenvalue weighted by molar-refractivity contribution is 5.33. The minimum atomic E-state index is -0.898. The molecule has 5 nitrogen and oxygen atoms in total. The Balaban J connectivity index is 1.89. The maximum absolute atomic E-state index is 10.7. The Kier molecular flexibility index (Phi) is 4.43. The Morgan fingerprint density at radius 2 is 1.96 bits per heavy atom. The second-order valence-electron chi connectivity index (χ2n) is 8.51. The van der Waals surface area contributed by atoms with Crippen LogP contribution in [-0.4, -0.2) is 33.0 Å². The zero-order valence-corrected chi connectivity index (χ0v) is 15.2. The molecule has 1 aromatic heterocycles. The first-order valence-electron chi connectivity index (χ1n) is 9.23. The summed E-state index contributed by atoms with van der Waals surface area (Å²) in [5, 5.41) is 19.6. The van der Waals surface area contributed by atoms with Gasteiger partial charge in [-0.05, 0) is 56.8 Å². The Bertz CT molecular complexity index is 545. The highest BCUT2D eigenvalue weighted by Gasteiger charge is 2.34. The van der Waals surface area contributed by atoms with Crippen LogP contribution >= 0.6 is 0 Å². The monoisotopic (exact) mass is 320 g/mol. The lowest BCUT2D eigenvalue weighted by Gasteiger charge is -2.26. The van der Waals surface area contributed by atoms with E-state index in [1.54, 1.807) is 0 Å². The lowest BCUT2D eigenvalue weighted by molar-refractivity contribution is 0.0393. The molecule has 0 aromatic carbocycles. The van der Waals surface area contributed by atoms with Gasteiger partial charge in [0, 0.05) is 19.6 Å². The molecule has 1 saturated heterocycles. The van der Waals surface area contributed by atoms with Crippen molar-refractivity contribution in [1.29, 1.82) is 0 Å². The number of aliphatic hydroxyl groups is 1. The van der Waals surface area contributed by atoms with E-state index in [-0.39, 0.29) is 0 Å². The molecule has 1 saturated carbocycles. The SMILES string of the molecule is CCC(C)(O)c1nnc(N2CCCC(C)(C)CC2)n1CC1CC1. The van der Waals surface area contributed by atoms with E-state index in [0.717, 1.165) is 37.3 Å². The molecule has 130 valence electrons. The van der Waals surface area contributed by atoms with Crippen LogP contribution in [0.2, 0.25) is 0 Å².